The highest BCUT2D eigenvalue weighted by atomic mass is 16.5. The smallest absolute Gasteiger partial charge is 0.358 e. The predicted molar refractivity (Wildman–Crippen MR) is 79.8 cm³/mol. The zero-order valence-electron chi connectivity index (χ0n) is 11.9. The van der Waals surface area contributed by atoms with Crippen LogP contribution in [0.2, 0.25) is 0 Å². The van der Waals surface area contributed by atoms with Gasteiger partial charge in [-0.3, -0.25) is 5.10 Å². The van der Waals surface area contributed by atoms with Crippen LogP contribution in [-0.2, 0) is 16.0 Å². The molecule has 112 valence electrons. The second kappa shape index (κ2) is 9.30. The molecule has 0 fully saturated rings. The summed E-state index contributed by atoms with van der Waals surface area (Å²) in [6.07, 6.45) is 2.45. The van der Waals surface area contributed by atoms with Crippen molar-refractivity contribution in [2.24, 2.45) is 0 Å². The fourth-order valence-electron chi connectivity index (χ4n) is 1.52. The van der Waals surface area contributed by atoms with Crippen LogP contribution >= 0.6 is 0 Å². The molecule has 0 bridgehead atoms. The Kier molecular flexibility index (Phi) is 7.28. The highest BCUT2D eigenvalue weighted by molar-refractivity contribution is 5.87. The van der Waals surface area contributed by atoms with Crippen molar-refractivity contribution in [3.8, 4) is 0 Å². The second-order valence-corrected chi connectivity index (χ2v) is 4.12. The number of nitrogens with one attached hydrogen (secondary N) is 1. The lowest BCUT2D eigenvalue weighted by molar-refractivity contribution is -0.107. The van der Waals surface area contributed by atoms with Crippen molar-refractivity contribution in [2.45, 2.75) is 19.8 Å². The van der Waals surface area contributed by atoms with Crippen LogP contribution in [0.4, 0.5) is 5.82 Å². The van der Waals surface area contributed by atoms with E-state index in [1.807, 2.05) is 30.3 Å². The molecule has 21 heavy (non-hydrogen) atoms. The van der Waals surface area contributed by atoms with Gasteiger partial charge < -0.3 is 15.3 Å². The molecule has 0 atom stereocenters. The molecule has 6 heteroatoms. The summed E-state index contributed by atoms with van der Waals surface area (Å²) in [4.78, 5) is 20.9. The molecule has 0 radical (unpaired) electrons. The summed E-state index contributed by atoms with van der Waals surface area (Å²) in [5, 5.41) is 6.04. The third-order valence-corrected chi connectivity index (χ3v) is 2.48. The van der Waals surface area contributed by atoms with E-state index >= 15 is 0 Å². The molecule has 6 nitrogen and oxygen atoms in total. The van der Waals surface area contributed by atoms with Crippen LogP contribution in [-0.4, -0.2) is 29.1 Å². The van der Waals surface area contributed by atoms with Crippen LogP contribution in [0.5, 0.6) is 0 Å². The first-order valence-corrected chi connectivity index (χ1v) is 6.63. The minimum Gasteiger partial charge on any atom is -0.461 e. The van der Waals surface area contributed by atoms with Crippen molar-refractivity contribution >= 4 is 18.1 Å². The number of carbonyl (C=O) groups is 2. The molecule has 0 unspecified atom stereocenters. The van der Waals surface area contributed by atoms with Gasteiger partial charge in [0.25, 0.3) is 0 Å². The van der Waals surface area contributed by atoms with Crippen molar-refractivity contribution < 1.29 is 14.3 Å². The molecule has 2 rings (SSSR count). The van der Waals surface area contributed by atoms with E-state index < -0.39 is 5.97 Å². The summed E-state index contributed by atoms with van der Waals surface area (Å²) in [6, 6.07) is 11.4. The lowest BCUT2D eigenvalue weighted by Crippen LogP contribution is -2.04. The number of carbonyl (C=O) groups excluding carboxylic acids is 2. The standard InChI is InChI=1S/C9H10O.C6H9N3O2/c10-8-4-7-9-5-2-1-3-6-9;1-2-11-6(10)4-3-5(7)9-8-4/h1-3,5-6,8H,4,7H2;3H,2H2,1H3,(H3,7,8,9). The van der Waals surface area contributed by atoms with Gasteiger partial charge in [0.15, 0.2) is 5.69 Å². The number of H-pyrrole nitrogens is 1. The normalized spacial score (nSPS) is 9.38. The van der Waals surface area contributed by atoms with Gasteiger partial charge in [-0.1, -0.05) is 30.3 Å². The van der Waals surface area contributed by atoms with Crippen molar-refractivity contribution in [3.05, 3.63) is 47.7 Å². The Morgan fingerprint density at radius 1 is 1.38 bits per heavy atom. The molecule has 0 saturated heterocycles. The molecular weight excluding hydrogens is 270 g/mol. The first kappa shape index (κ1) is 16.4. The lowest BCUT2D eigenvalue weighted by atomic mass is 10.1. The minimum atomic E-state index is -0.458. The van der Waals surface area contributed by atoms with E-state index in [1.165, 1.54) is 11.6 Å². The molecule has 1 heterocycles. The number of rotatable bonds is 5. The zero-order chi connectivity index (χ0) is 15.5. The Labute approximate surface area is 123 Å². The molecule has 1 aromatic carbocycles. The largest absolute Gasteiger partial charge is 0.461 e. The number of benzene rings is 1. The number of aldehydes is 1. The lowest BCUT2D eigenvalue weighted by Gasteiger charge is -1.94. The molecule has 0 spiro atoms. The summed E-state index contributed by atoms with van der Waals surface area (Å²) in [7, 11) is 0. The third kappa shape index (κ3) is 6.38. The van der Waals surface area contributed by atoms with Crippen LogP contribution in [0.1, 0.15) is 29.4 Å². The summed E-state index contributed by atoms with van der Waals surface area (Å²) in [6.45, 7) is 2.07. The Morgan fingerprint density at radius 2 is 2.10 bits per heavy atom. The average Bonchev–Trinajstić information content (AvgIpc) is 2.94. The van der Waals surface area contributed by atoms with Crippen molar-refractivity contribution in [1.82, 2.24) is 10.2 Å². The van der Waals surface area contributed by atoms with E-state index in [0.29, 0.717) is 18.8 Å². The van der Waals surface area contributed by atoms with Crippen LogP contribution in [0.25, 0.3) is 0 Å². The van der Waals surface area contributed by atoms with E-state index in [4.69, 9.17) is 5.73 Å². The average molecular weight is 289 g/mol. The van der Waals surface area contributed by atoms with E-state index in [9.17, 15) is 9.59 Å². The molecule has 1 aromatic heterocycles. The number of nitrogens with two attached hydrogens (primary N) is 1. The van der Waals surface area contributed by atoms with Crippen molar-refractivity contribution in [2.75, 3.05) is 12.3 Å². The maximum Gasteiger partial charge on any atom is 0.358 e. The van der Waals surface area contributed by atoms with Gasteiger partial charge in [0, 0.05) is 12.5 Å². The fraction of sp³-hybridized carbons (Fsp3) is 0.267. The summed E-state index contributed by atoms with van der Waals surface area (Å²) in [5.41, 5.74) is 6.73. The van der Waals surface area contributed by atoms with Crippen LogP contribution in [0.3, 0.4) is 0 Å². The van der Waals surface area contributed by atoms with Crippen LogP contribution < -0.4 is 5.73 Å². The first-order valence-electron chi connectivity index (χ1n) is 6.63. The predicted octanol–water partition coefficient (Wildman–Crippen LogP) is 1.99. The number of hydrogen-bond donors (Lipinski definition) is 2. The second-order valence-electron chi connectivity index (χ2n) is 4.12. The number of aromatic amines is 1. The topological polar surface area (TPSA) is 98.1 Å². The Morgan fingerprint density at radius 3 is 2.62 bits per heavy atom. The van der Waals surface area contributed by atoms with Gasteiger partial charge in [0.05, 0.1) is 6.61 Å². The van der Waals surface area contributed by atoms with Gasteiger partial charge in [0.1, 0.15) is 12.1 Å². The maximum absolute atomic E-state index is 10.9. The number of nitrogens with zero attached hydrogens (tertiary/aromatic N) is 1. The molecule has 0 aliphatic carbocycles. The zero-order valence-corrected chi connectivity index (χ0v) is 11.9. The number of aromatic nitrogens is 2. The SMILES string of the molecule is CCOC(=O)c1cc(N)[nH]n1.O=CCCc1ccccc1. The highest BCUT2D eigenvalue weighted by Gasteiger charge is 2.08. The van der Waals surface area contributed by atoms with Gasteiger partial charge in [-0.25, -0.2) is 4.79 Å². The number of esters is 1. The van der Waals surface area contributed by atoms with Gasteiger partial charge in [-0.15, -0.1) is 0 Å². The fourth-order valence-corrected chi connectivity index (χ4v) is 1.52. The van der Waals surface area contributed by atoms with Crippen LogP contribution in [0, 0.1) is 0 Å². The van der Waals surface area contributed by atoms with Crippen LogP contribution in [0.15, 0.2) is 36.4 Å². The van der Waals surface area contributed by atoms with E-state index in [0.717, 1.165) is 12.7 Å². The van der Waals surface area contributed by atoms with E-state index in [-0.39, 0.29) is 5.69 Å². The van der Waals surface area contributed by atoms with Gasteiger partial charge in [-0.2, -0.15) is 5.10 Å². The molecular formula is C15H19N3O3. The van der Waals surface area contributed by atoms with Gasteiger partial charge >= 0.3 is 5.97 Å². The number of hydrogen-bond acceptors (Lipinski definition) is 5. The monoisotopic (exact) mass is 289 g/mol. The summed E-state index contributed by atoms with van der Waals surface area (Å²) in [5.74, 6) is -0.103. The molecule has 3 N–H and O–H groups in total. The maximum atomic E-state index is 10.9. The molecule has 0 aliphatic heterocycles. The highest BCUT2D eigenvalue weighted by Crippen LogP contribution is 2.01. The van der Waals surface area contributed by atoms with Crippen molar-refractivity contribution in [3.63, 3.8) is 0 Å². The Hall–Kier alpha value is -2.63. The number of aryl methyl sites for hydroxylation is 1. The van der Waals surface area contributed by atoms with Gasteiger partial charge in [0.2, 0.25) is 0 Å². The Balaban J connectivity index is 0.000000211. The van der Waals surface area contributed by atoms with Crippen molar-refractivity contribution in [1.29, 1.82) is 0 Å². The summed E-state index contributed by atoms with van der Waals surface area (Å²) >= 11 is 0. The minimum absolute atomic E-state index is 0.212. The molecule has 0 aliphatic rings. The third-order valence-electron chi connectivity index (χ3n) is 2.48. The number of nitrogen functional groups attached to an aromatic ring is 1. The number of anilines is 1. The first-order chi connectivity index (χ1) is 10.2. The van der Waals surface area contributed by atoms with E-state index in [2.05, 4.69) is 14.9 Å². The number of ether oxygens (including phenoxy) is 1. The quantitative estimate of drug-likeness (QED) is 0.648. The molecule has 2 aromatic rings. The summed E-state index contributed by atoms with van der Waals surface area (Å²) < 4.78 is 4.66. The van der Waals surface area contributed by atoms with Gasteiger partial charge in [-0.05, 0) is 18.9 Å². The Bertz CT molecular complexity index is 552. The molecule has 0 amide bonds. The van der Waals surface area contributed by atoms with E-state index in [1.54, 1.807) is 6.92 Å². The molecule has 0 saturated carbocycles.